The summed E-state index contributed by atoms with van der Waals surface area (Å²) in [6.07, 6.45) is 5.20. The summed E-state index contributed by atoms with van der Waals surface area (Å²) in [7, 11) is -1.61. The summed E-state index contributed by atoms with van der Waals surface area (Å²) < 4.78 is 26.4. The van der Waals surface area contributed by atoms with Crippen LogP contribution in [0.4, 0.5) is 0 Å². The molecule has 0 saturated heterocycles. The molecule has 0 aliphatic carbocycles. The predicted octanol–water partition coefficient (Wildman–Crippen LogP) is 1.42. The van der Waals surface area contributed by atoms with Gasteiger partial charge in [-0.05, 0) is 25.6 Å². The lowest BCUT2D eigenvalue weighted by Crippen LogP contribution is -2.30. The van der Waals surface area contributed by atoms with Gasteiger partial charge in [0.25, 0.3) is 10.0 Å². The number of sulfonamides is 1. The van der Waals surface area contributed by atoms with Crippen LogP contribution in [0.5, 0.6) is 0 Å². The van der Waals surface area contributed by atoms with Gasteiger partial charge in [-0.2, -0.15) is 4.31 Å². The molecule has 1 N–H and O–H groups in total. The van der Waals surface area contributed by atoms with E-state index in [4.69, 9.17) is 6.42 Å². The number of aryl methyl sites for hydroxylation is 1. The maximum Gasteiger partial charge on any atom is 0.253 e. The van der Waals surface area contributed by atoms with Gasteiger partial charge in [0.1, 0.15) is 4.21 Å². The van der Waals surface area contributed by atoms with E-state index >= 15 is 0 Å². The second-order valence-electron chi connectivity index (χ2n) is 3.84. The van der Waals surface area contributed by atoms with Crippen molar-refractivity contribution < 1.29 is 8.42 Å². The summed E-state index contributed by atoms with van der Waals surface area (Å²) in [6.45, 7) is 4.86. The van der Waals surface area contributed by atoms with E-state index in [1.165, 1.54) is 15.6 Å². The largest absolute Gasteiger partial charge is 0.315 e. The first kappa shape index (κ1) is 15.2. The van der Waals surface area contributed by atoms with Crippen LogP contribution in [0, 0.1) is 19.3 Å². The highest BCUT2D eigenvalue weighted by Crippen LogP contribution is 2.28. The molecule has 1 rings (SSSR count). The highest BCUT2D eigenvalue weighted by molar-refractivity contribution is 7.91. The first-order chi connectivity index (χ1) is 8.47. The van der Waals surface area contributed by atoms with Gasteiger partial charge in [-0.15, -0.1) is 17.8 Å². The van der Waals surface area contributed by atoms with Gasteiger partial charge in [-0.25, -0.2) is 8.42 Å². The summed E-state index contributed by atoms with van der Waals surface area (Å²) in [5, 5.41) is 3.03. The lowest BCUT2D eigenvalue weighted by molar-refractivity contribution is 0.466. The van der Waals surface area contributed by atoms with Gasteiger partial charge in [-0.1, -0.05) is 12.8 Å². The Morgan fingerprint density at radius 3 is 2.72 bits per heavy atom. The molecule has 1 aromatic rings. The molecule has 1 aromatic heterocycles. The lowest BCUT2D eigenvalue weighted by atomic mass is 10.3. The average Bonchev–Trinajstić information content (AvgIpc) is 2.69. The topological polar surface area (TPSA) is 49.4 Å². The fraction of sp³-hybridized carbons (Fsp3) is 0.500. The molecule has 0 aliphatic rings. The van der Waals surface area contributed by atoms with E-state index in [-0.39, 0.29) is 6.54 Å². The Labute approximate surface area is 113 Å². The Hall–Kier alpha value is -0.870. The third-order valence-electron chi connectivity index (χ3n) is 2.55. The molecular weight excluding hydrogens is 268 g/mol. The number of nitrogens with one attached hydrogen (secondary N) is 1. The average molecular weight is 286 g/mol. The van der Waals surface area contributed by atoms with Gasteiger partial charge in [0.05, 0.1) is 6.54 Å². The lowest BCUT2D eigenvalue weighted by Gasteiger charge is -2.16. The van der Waals surface area contributed by atoms with Crippen LogP contribution >= 0.6 is 11.3 Å². The molecule has 0 unspecified atom stereocenters. The summed E-state index contributed by atoms with van der Waals surface area (Å²) in [5.74, 6) is 2.38. The van der Waals surface area contributed by atoms with Crippen molar-refractivity contribution in [1.82, 2.24) is 9.62 Å². The van der Waals surface area contributed by atoms with Gasteiger partial charge in [0.15, 0.2) is 0 Å². The summed E-state index contributed by atoms with van der Waals surface area (Å²) in [6, 6.07) is 1.71. The van der Waals surface area contributed by atoms with Crippen LogP contribution < -0.4 is 5.32 Å². The van der Waals surface area contributed by atoms with Crippen molar-refractivity contribution in [1.29, 1.82) is 0 Å². The van der Waals surface area contributed by atoms with E-state index in [1.807, 2.05) is 14.0 Å². The molecular formula is C12H18N2O2S2. The van der Waals surface area contributed by atoms with E-state index in [0.717, 1.165) is 10.4 Å². The van der Waals surface area contributed by atoms with E-state index in [2.05, 4.69) is 11.2 Å². The quantitative estimate of drug-likeness (QED) is 0.805. The number of nitrogens with zero attached hydrogens (tertiary/aromatic N) is 1. The maximum atomic E-state index is 12.3. The van der Waals surface area contributed by atoms with Crippen molar-refractivity contribution in [3.8, 4) is 12.3 Å². The molecule has 0 saturated carbocycles. The third-order valence-corrected chi connectivity index (χ3v) is 6.16. The first-order valence-electron chi connectivity index (χ1n) is 5.64. The van der Waals surface area contributed by atoms with Gasteiger partial charge < -0.3 is 5.32 Å². The minimum Gasteiger partial charge on any atom is -0.315 e. The monoisotopic (exact) mass is 286 g/mol. The zero-order valence-electron chi connectivity index (χ0n) is 10.9. The standard InChI is InChI=1S/C12H18N2O2S2/c1-5-7-14(6-2)18(15,16)12-8-10(3)11(17-12)9-13-4/h1,8,13H,6-7,9H2,2-4H3. The molecule has 4 nitrogen and oxygen atoms in total. The molecule has 0 fully saturated rings. The second kappa shape index (κ2) is 6.34. The summed E-state index contributed by atoms with van der Waals surface area (Å²) in [5.41, 5.74) is 0.990. The minimum absolute atomic E-state index is 0.108. The second-order valence-corrected chi connectivity index (χ2v) is 7.14. The smallest absolute Gasteiger partial charge is 0.253 e. The van der Waals surface area contributed by atoms with Crippen molar-refractivity contribution >= 4 is 21.4 Å². The van der Waals surface area contributed by atoms with Crippen LogP contribution in [0.25, 0.3) is 0 Å². The highest BCUT2D eigenvalue weighted by atomic mass is 32.2. The van der Waals surface area contributed by atoms with E-state index in [1.54, 1.807) is 13.0 Å². The highest BCUT2D eigenvalue weighted by Gasteiger charge is 2.25. The fourth-order valence-corrected chi connectivity index (χ4v) is 4.67. The van der Waals surface area contributed by atoms with Crippen molar-refractivity contribution in [2.24, 2.45) is 0 Å². The molecule has 1 heterocycles. The van der Waals surface area contributed by atoms with Crippen LogP contribution in [0.1, 0.15) is 17.4 Å². The molecule has 0 spiro atoms. The number of hydrogen-bond donors (Lipinski definition) is 1. The van der Waals surface area contributed by atoms with E-state index < -0.39 is 10.0 Å². The fourth-order valence-electron chi connectivity index (χ4n) is 1.55. The van der Waals surface area contributed by atoms with Crippen molar-refractivity contribution in [2.75, 3.05) is 20.1 Å². The van der Waals surface area contributed by atoms with Crippen LogP contribution in [-0.2, 0) is 16.6 Å². The normalized spacial score (nSPS) is 11.7. The molecule has 0 radical (unpaired) electrons. The summed E-state index contributed by atoms with van der Waals surface area (Å²) in [4.78, 5) is 1.04. The SMILES string of the molecule is C#CCN(CC)S(=O)(=O)c1cc(C)c(CNC)s1. The Balaban J connectivity index is 3.12. The van der Waals surface area contributed by atoms with Crippen LogP contribution in [0.15, 0.2) is 10.3 Å². The van der Waals surface area contributed by atoms with Gasteiger partial charge in [0, 0.05) is 18.0 Å². The number of terminal acetylenes is 1. The molecule has 0 bridgehead atoms. The molecule has 6 heteroatoms. The van der Waals surface area contributed by atoms with E-state index in [9.17, 15) is 8.42 Å². The number of rotatable bonds is 6. The van der Waals surface area contributed by atoms with Crippen LogP contribution in [0.2, 0.25) is 0 Å². The Morgan fingerprint density at radius 1 is 1.56 bits per heavy atom. The van der Waals surface area contributed by atoms with Gasteiger partial charge in [-0.3, -0.25) is 0 Å². The van der Waals surface area contributed by atoms with Gasteiger partial charge in [0.2, 0.25) is 0 Å². The van der Waals surface area contributed by atoms with Crippen LogP contribution in [0.3, 0.4) is 0 Å². The Bertz CT molecular complexity index is 541. The molecule has 0 aromatic carbocycles. The third kappa shape index (κ3) is 3.12. The number of hydrogen-bond acceptors (Lipinski definition) is 4. The summed E-state index contributed by atoms with van der Waals surface area (Å²) >= 11 is 1.30. The zero-order chi connectivity index (χ0) is 13.8. The molecule has 0 amide bonds. The molecule has 18 heavy (non-hydrogen) atoms. The number of thiophene rings is 1. The predicted molar refractivity (Wildman–Crippen MR) is 75.1 cm³/mol. The maximum absolute atomic E-state index is 12.3. The van der Waals surface area contributed by atoms with Crippen molar-refractivity contribution in [2.45, 2.75) is 24.6 Å². The van der Waals surface area contributed by atoms with Crippen LogP contribution in [-0.4, -0.2) is 32.9 Å². The van der Waals surface area contributed by atoms with Crippen molar-refractivity contribution in [3.63, 3.8) is 0 Å². The molecule has 0 aliphatic heterocycles. The Kier molecular flexibility index (Phi) is 5.35. The first-order valence-corrected chi connectivity index (χ1v) is 7.90. The Morgan fingerprint density at radius 2 is 2.22 bits per heavy atom. The zero-order valence-corrected chi connectivity index (χ0v) is 12.5. The molecule has 100 valence electrons. The van der Waals surface area contributed by atoms with Gasteiger partial charge >= 0.3 is 0 Å². The minimum atomic E-state index is -3.45. The molecule has 0 atom stereocenters. The van der Waals surface area contributed by atoms with E-state index in [0.29, 0.717) is 17.3 Å². The van der Waals surface area contributed by atoms with Crippen molar-refractivity contribution in [3.05, 3.63) is 16.5 Å².